The van der Waals surface area contributed by atoms with Gasteiger partial charge in [-0.25, -0.2) is 0 Å². The lowest BCUT2D eigenvalue weighted by atomic mass is 9.85. The van der Waals surface area contributed by atoms with Gasteiger partial charge in [-0.15, -0.1) is 0 Å². The van der Waals surface area contributed by atoms with Crippen LogP contribution >= 0.6 is 0 Å². The molecular formula is C11H15NO2. The summed E-state index contributed by atoms with van der Waals surface area (Å²) in [6.45, 7) is 0.717. The SMILES string of the molecule is O=C(NCCc1ccoc1)C1CCC1. The van der Waals surface area contributed by atoms with Gasteiger partial charge < -0.3 is 9.73 Å². The van der Waals surface area contributed by atoms with E-state index in [1.54, 1.807) is 12.5 Å². The van der Waals surface area contributed by atoms with E-state index in [-0.39, 0.29) is 5.91 Å². The van der Waals surface area contributed by atoms with E-state index in [0.29, 0.717) is 5.92 Å². The topological polar surface area (TPSA) is 42.2 Å². The molecule has 0 unspecified atom stereocenters. The molecule has 0 radical (unpaired) electrons. The van der Waals surface area contributed by atoms with Gasteiger partial charge in [0.05, 0.1) is 12.5 Å². The zero-order valence-corrected chi connectivity index (χ0v) is 8.16. The minimum atomic E-state index is 0.222. The van der Waals surface area contributed by atoms with Gasteiger partial charge in [-0.05, 0) is 30.9 Å². The maximum Gasteiger partial charge on any atom is 0.223 e. The van der Waals surface area contributed by atoms with Crippen molar-refractivity contribution in [3.8, 4) is 0 Å². The van der Waals surface area contributed by atoms with Crippen LogP contribution in [0.3, 0.4) is 0 Å². The summed E-state index contributed by atoms with van der Waals surface area (Å²) in [6, 6.07) is 1.93. The Bertz CT molecular complexity index is 288. The predicted molar refractivity (Wildman–Crippen MR) is 52.8 cm³/mol. The summed E-state index contributed by atoms with van der Waals surface area (Å²) < 4.78 is 4.94. The number of carbonyl (C=O) groups excluding carboxylic acids is 1. The van der Waals surface area contributed by atoms with Crippen molar-refractivity contribution in [1.82, 2.24) is 5.32 Å². The minimum Gasteiger partial charge on any atom is -0.472 e. The molecule has 1 aliphatic carbocycles. The molecule has 0 aliphatic heterocycles. The lowest BCUT2D eigenvalue weighted by Crippen LogP contribution is -2.35. The summed E-state index contributed by atoms with van der Waals surface area (Å²) in [5.41, 5.74) is 1.14. The van der Waals surface area contributed by atoms with Gasteiger partial charge in [-0.2, -0.15) is 0 Å². The Balaban J connectivity index is 1.65. The summed E-state index contributed by atoms with van der Waals surface area (Å²) in [6.07, 6.45) is 7.57. The molecule has 1 aromatic heterocycles. The van der Waals surface area contributed by atoms with E-state index in [2.05, 4.69) is 5.32 Å². The molecular weight excluding hydrogens is 178 g/mol. The van der Waals surface area contributed by atoms with E-state index in [1.807, 2.05) is 6.07 Å². The largest absolute Gasteiger partial charge is 0.472 e. The fourth-order valence-corrected chi connectivity index (χ4v) is 1.58. The molecule has 3 nitrogen and oxygen atoms in total. The first-order valence-corrected chi connectivity index (χ1v) is 5.15. The molecule has 0 spiro atoms. The zero-order valence-electron chi connectivity index (χ0n) is 8.16. The highest BCUT2D eigenvalue weighted by atomic mass is 16.3. The third kappa shape index (κ3) is 2.16. The second-order valence-corrected chi connectivity index (χ2v) is 3.80. The summed E-state index contributed by atoms with van der Waals surface area (Å²) in [7, 11) is 0. The molecule has 1 heterocycles. The second-order valence-electron chi connectivity index (χ2n) is 3.80. The van der Waals surface area contributed by atoms with Crippen LogP contribution in [0, 0.1) is 5.92 Å². The molecule has 0 bridgehead atoms. The van der Waals surface area contributed by atoms with Gasteiger partial charge in [0.1, 0.15) is 0 Å². The summed E-state index contributed by atoms with van der Waals surface area (Å²) >= 11 is 0. The van der Waals surface area contributed by atoms with Gasteiger partial charge in [-0.1, -0.05) is 6.42 Å². The third-order valence-corrected chi connectivity index (χ3v) is 2.77. The quantitative estimate of drug-likeness (QED) is 0.791. The fourth-order valence-electron chi connectivity index (χ4n) is 1.58. The van der Waals surface area contributed by atoms with Gasteiger partial charge >= 0.3 is 0 Å². The van der Waals surface area contributed by atoms with Crippen molar-refractivity contribution in [2.75, 3.05) is 6.54 Å². The van der Waals surface area contributed by atoms with Crippen molar-refractivity contribution in [1.29, 1.82) is 0 Å². The molecule has 2 rings (SSSR count). The first kappa shape index (κ1) is 9.31. The average Bonchev–Trinajstić information content (AvgIpc) is 2.53. The lowest BCUT2D eigenvalue weighted by molar-refractivity contribution is -0.127. The lowest BCUT2D eigenvalue weighted by Gasteiger charge is -2.23. The molecule has 14 heavy (non-hydrogen) atoms. The Labute approximate surface area is 83.5 Å². The van der Waals surface area contributed by atoms with Crippen LogP contribution < -0.4 is 5.32 Å². The number of carbonyl (C=O) groups is 1. The Morgan fingerprint density at radius 2 is 2.43 bits per heavy atom. The monoisotopic (exact) mass is 193 g/mol. The zero-order chi connectivity index (χ0) is 9.80. The van der Waals surface area contributed by atoms with E-state index in [1.165, 1.54) is 6.42 Å². The van der Waals surface area contributed by atoms with Crippen LogP contribution in [-0.2, 0) is 11.2 Å². The van der Waals surface area contributed by atoms with E-state index in [9.17, 15) is 4.79 Å². The van der Waals surface area contributed by atoms with Crippen LogP contribution in [0.2, 0.25) is 0 Å². The Morgan fingerprint density at radius 1 is 1.57 bits per heavy atom. The molecule has 1 aromatic rings. The van der Waals surface area contributed by atoms with Crippen LogP contribution in [0.25, 0.3) is 0 Å². The van der Waals surface area contributed by atoms with Crippen molar-refractivity contribution >= 4 is 5.91 Å². The first-order valence-electron chi connectivity index (χ1n) is 5.15. The molecule has 1 aliphatic rings. The van der Waals surface area contributed by atoms with E-state index in [4.69, 9.17) is 4.42 Å². The van der Waals surface area contributed by atoms with Crippen molar-refractivity contribution in [2.24, 2.45) is 5.92 Å². The number of nitrogens with one attached hydrogen (secondary N) is 1. The third-order valence-electron chi connectivity index (χ3n) is 2.77. The van der Waals surface area contributed by atoms with Gasteiger partial charge in [0.25, 0.3) is 0 Å². The normalized spacial score (nSPS) is 16.3. The molecule has 1 N–H and O–H groups in total. The molecule has 0 aromatic carbocycles. The average molecular weight is 193 g/mol. The number of hydrogen-bond donors (Lipinski definition) is 1. The second kappa shape index (κ2) is 4.31. The summed E-state index contributed by atoms with van der Waals surface area (Å²) in [4.78, 5) is 11.4. The highest BCUT2D eigenvalue weighted by Gasteiger charge is 2.24. The van der Waals surface area contributed by atoms with Crippen LogP contribution in [0.5, 0.6) is 0 Å². The number of hydrogen-bond acceptors (Lipinski definition) is 2. The van der Waals surface area contributed by atoms with Crippen molar-refractivity contribution in [3.63, 3.8) is 0 Å². The van der Waals surface area contributed by atoms with Crippen molar-refractivity contribution in [2.45, 2.75) is 25.7 Å². The highest BCUT2D eigenvalue weighted by Crippen LogP contribution is 2.25. The fraction of sp³-hybridized carbons (Fsp3) is 0.545. The van der Waals surface area contributed by atoms with Gasteiger partial charge in [-0.3, -0.25) is 4.79 Å². The molecule has 1 fully saturated rings. The van der Waals surface area contributed by atoms with Gasteiger partial charge in [0.2, 0.25) is 5.91 Å². The molecule has 3 heteroatoms. The molecule has 1 amide bonds. The molecule has 76 valence electrons. The first-order chi connectivity index (χ1) is 6.86. The van der Waals surface area contributed by atoms with Crippen LogP contribution in [-0.4, -0.2) is 12.5 Å². The van der Waals surface area contributed by atoms with Gasteiger partial charge in [0, 0.05) is 12.5 Å². The molecule has 1 saturated carbocycles. The maximum atomic E-state index is 11.4. The van der Waals surface area contributed by atoms with Gasteiger partial charge in [0.15, 0.2) is 0 Å². The van der Waals surface area contributed by atoms with E-state index >= 15 is 0 Å². The number of rotatable bonds is 4. The predicted octanol–water partition coefficient (Wildman–Crippen LogP) is 1.74. The standard InChI is InChI=1S/C11H15NO2/c13-11(10-2-1-3-10)12-6-4-9-5-7-14-8-9/h5,7-8,10H,1-4,6H2,(H,12,13). The van der Waals surface area contributed by atoms with Crippen LogP contribution in [0.4, 0.5) is 0 Å². The Hall–Kier alpha value is -1.25. The number of amides is 1. The van der Waals surface area contributed by atoms with Crippen LogP contribution in [0.15, 0.2) is 23.0 Å². The van der Waals surface area contributed by atoms with E-state index in [0.717, 1.165) is 31.4 Å². The highest BCUT2D eigenvalue weighted by molar-refractivity contribution is 5.79. The summed E-state index contributed by atoms with van der Waals surface area (Å²) in [5.74, 6) is 0.513. The van der Waals surface area contributed by atoms with Crippen LogP contribution in [0.1, 0.15) is 24.8 Å². The van der Waals surface area contributed by atoms with Crippen molar-refractivity contribution < 1.29 is 9.21 Å². The Kier molecular flexibility index (Phi) is 2.87. The van der Waals surface area contributed by atoms with Crippen molar-refractivity contribution in [3.05, 3.63) is 24.2 Å². The molecule has 0 saturated heterocycles. The van der Waals surface area contributed by atoms with E-state index < -0.39 is 0 Å². The Morgan fingerprint density at radius 3 is 3.00 bits per heavy atom. The minimum absolute atomic E-state index is 0.222. The smallest absolute Gasteiger partial charge is 0.223 e. The number of furan rings is 1. The summed E-state index contributed by atoms with van der Waals surface area (Å²) in [5, 5.41) is 2.94. The molecule has 0 atom stereocenters. The maximum absolute atomic E-state index is 11.4.